The molecule has 118 valence electrons. The Hall–Kier alpha value is -1.30. The van der Waals surface area contributed by atoms with Gasteiger partial charge in [-0.2, -0.15) is 0 Å². The Labute approximate surface area is 131 Å². The summed E-state index contributed by atoms with van der Waals surface area (Å²) in [6.45, 7) is 2.63. The van der Waals surface area contributed by atoms with E-state index in [0.29, 0.717) is 12.2 Å². The minimum absolute atomic E-state index is 0. The Morgan fingerprint density at radius 3 is 2.57 bits per heavy atom. The highest BCUT2D eigenvalue weighted by Gasteiger charge is 2.16. The van der Waals surface area contributed by atoms with Crippen LogP contribution in [0.3, 0.4) is 0 Å². The number of hydrogen-bond acceptors (Lipinski definition) is 4. The van der Waals surface area contributed by atoms with Crippen LogP contribution in [-0.2, 0) is 4.74 Å². The largest absolute Gasteiger partial charge is 0.447 e. The van der Waals surface area contributed by atoms with Crippen molar-refractivity contribution in [3.05, 3.63) is 30.3 Å². The number of hydrogen-bond donors (Lipinski definition) is 2. The van der Waals surface area contributed by atoms with Crippen molar-refractivity contribution in [3.63, 3.8) is 0 Å². The summed E-state index contributed by atoms with van der Waals surface area (Å²) in [7, 11) is 0. The second-order valence-electron chi connectivity index (χ2n) is 5.10. The van der Waals surface area contributed by atoms with Gasteiger partial charge in [-0.05, 0) is 38.1 Å². The van der Waals surface area contributed by atoms with Gasteiger partial charge in [0, 0.05) is 12.2 Å². The molecule has 1 aliphatic rings. The first-order valence-corrected chi connectivity index (χ1v) is 7.13. The van der Waals surface area contributed by atoms with Gasteiger partial charge in [0.25, 0.3) is 0 Å². The third-order valence-corrected chi connectivity index (χ3v) is 3.34. The van der Waals surface area contributed by atoms with E-state index in [0.717, 1.165) is 13.1 Å². The van der Waals surface area contributed by atoms with E-state index in [1.165, 1.54) is 19.3 Å². The molecule has 1 aromatic carbocycles. The van der Waals surface area contributed by atoms with Crippen LogP contribution >= 0.6 is 12.4 Å². The minimum Gasteiger partial charge on any atom is -0.447 e. The number of piperidine rings is 1. The van der Waals surface area contributed by atoms with Crippen LogP contribution in [0.4, 0.5) is 10.5 Å². The SMILES string of the molecule is Cl.O=C(Nc1ccccc1)OCC(O)CN1CCCCC1. The molecule has 0 aromatic heterocycles. The Morgan fingerprint density at radius 1 is 1.24 bits per heavy atom. The maximum Gasteiger partial charge on any atom is 0.411 e. The first-order chi connectivity index (χ1) is 9.74. The van der Waals surface area contributed by atoms with Gasteiger partial charge in [0.05, 0.1) is 0 Å². The number of likely N-dealkylation sites (tertiary alicyclic amines) is 1. The summed E-state index contributed by atoms with van der Waals surface area (Å²) in [5.41, 5.74) is 0.683. The molecule has 2 N–H and O–H groups in total. The number of benzene rings is 1. The van der Waals surface area contributed by atoms with Gasteiger partial charge in [-0.1, -0.05) is 24.6 Å². The van der Waals surface area contributed by atoms with Crippen molar-refractivity contribution in [1.29, 1.82) is 0 Å². The molecule has 1 heterocycles. The fourth-order valence-electron chi connectivity index (χ4n) is 2.34. The van der Waals surface area contributed by atoms with Crippen LogP contribution in [0.25, 0.3) is 0 Å². The number of β-amino-alcohol motifs (C(OH)–C–C–N with tert-alkyl or cyclic N) is 1. The summed E-state index contributed by atoms with van der Waals surface area (Å²) in [5, 5.41) is 12.5. The van der Waals surface area contributed by atoms with Crippen molar-refractivity contribution in [2.45, 2.75) is 25.4 Å². The van der Waals surface area contributed by atoms with Gasteiger partial charge >= 0.3 is 6.09 Å². The van der Waals surface area contributed by atoms with E-state index >= 15 is 0 Å². The summed E-state index contributed by atoms with van der Waals surface area (Å²) in [5.74, 6) is 0. The van der Waals surface area contributed by atoms with E-state index in [1.807, 2.05) is 18.2 Å². The summed E-state index contributed by atoms with van der Waals surface area (Å²) in [6.07, 6.45) is 2.47. The molecular formula is C15H23ClN2O3. The molecule has 21 heavy (non-hydrogen) atoms. The summed E-state index contributed by atoms with van der Waals surface area (Å²) >= 11 is 0. The van der Waals surface area contributed by atoms with Crippen LogP contribution < -0.4 is 5.32 Å². The third kappa shape index (κ3) is 6.80. The van der Waals surface area contributed by atoms with Crippen LogP contribution in [-0.4, -0.2) is 48.4 Å². The third-order valence-electron chi connectivity index (χ3n) is 3.34. The van der Waals surface area contributed by atoms with Crippen molar-refractivity contribution in [2.24, 2.45) is 0 Å². The summed E-state index contributed by atoms with van der Waals surface area (Å²) < 4.78 is 5.02. The first kappa shape index (κ1) is 17.8. The molecule has 0 spiro atoms. The molecule has 1 fully saturated rings. The number of halogens is 1. The maximum atomic E-state index is 11.6. The number of carbonyl (C=O) groups excluding carboxylic acids is 1. The number of carbonyl (C=O) groups is 1. The molecule has 0 bridgehead atoms. The smallest absolute Gasteiger partial charge is 0.411 e. The zero-order chi connectivity index (χ0) is 14.2. The number of aliphatic hydroxyl groups is 1. The van der Waals surface area contributed by atoms with Crippen molar-refractivity contribution < 1.29 is 14.6 Å². The van der Waals surface area contributed by atoms with E-state index in [1.54, 1.807) is 12.1 Å². The zero-order valence-electron chi connectivity index (χ0n) is 12.0. The minimum atomic E-state index is -0.630. The van der Waals surface area contributed by atoms with Gasteiger partial charge in [-0.25, -0.2) is 4.79 Å². The lowest BCUT2D eigenvalue weighted by Gasteiger charge is -2.28. The second-order valence-corrected chi connectivity index (χ2v) is 5.10. The quantitative estimate of drug-likeness (QED) is 0.876. The Balaban J connectivity index is 0.00000220. The molecule has 2 rings (SSSR count). The van der Waals surface area contributed by atoms with Gasteiger partial charge in [-0.3, -0.25) is 5.32 Å². The Kier molecular flexibility index (Phi) is 8.12. The number of nitrogens with one attached hydrogen (secondary N) is 1. The van der Waals surface area contributed by atoms with E-state index in [4.69, 9.17) is 4.74 Å². The lowest BCUT2D eigenvalue weighted by Crippen LogP contribution is -2.38. The van der Waals surface area contributed by atoms with Gasteiger partial charge in [0.2, 0.25) is 0 Å². The number of para-hydroxylation sites is 1. The molecule has 1 unspecified atom stereocenters. The van der Waals surface area contributed by atoms with Crippen LogP contribution in [0.5, 0.6) is 0 Å². The van der Waals surface area contributed by atoms with E-state index in [2.05, 4.69) is 10.2 Å². The van der Waals surface area contributed by atoms with Crippen molar-refractivity contribution >= 4 is 24.2 Å². The highest BCUT2D eigenvalue weighted by molar-refractivity contribution is 5.85. The van der Waals surface area contributed by atoms with Crippen LogP contribution in [0.15, 0.2) is 30.3 Å². The van der Waals surface area contributed by atoms with Crippen molar-refractivity contribution in [1.82, 2.24) is 4.90 Å². The van der Waals surface area contributed by atoms with Gasteiger partial charge in [-0.15, -0.1) is 12.4 Å². The lowest BCUT2D eigenvalue weighted by molar-refractivity contribution is 0.0437. The normalized spacial score (nSPS) is 16.6. The maximum absolute atomic E-state index is 11.6. The molecule has 0 saturated carbocycles. The number of anilines is 1. The molecule has 1 amide bonds. The molecular weight excluding hydrogens is 292 g/mol. The van der Waals surface area contributed by atoms with Gasteiger partial charge in [0.15, 0.2) is 0 Å². The molecule has 1 aromatic rings. The molecule has 0 radical (unpaired) electrons. The zero-order valence-corrected chi connectivity index (χ0v) is 12.8. The standard InChI is InChI=1S/C15H22N2O3.ClH/c18-14(11-17-9-5-2-6-10-17)12-20-15(19)16-13-7-3-1-4-8-13;/h1,3-4,7-8,14,18H,2,5-6,9-12H2,(H,16,19);1H. The summed E-state index contributed by atoms with van der Waals surface area (Å²) in [6, 6.07) is 9.11. The van der Waals surface area contributed by atoms with E-state index in [-0.39, 0.29) is 19.0 Å². The second kappa shape index (κ2) is 9.60. The molecule has 1 saturated heterocycles. The topological polar surface area (TPSA) is 61.8 Å². The van der Waals surface area contributed by atoms with Crippen molar-refractivity contribution in [3.8, 4) is 0 Å². The van der Waals surface area contributed by atoms with Crippen LogP contribution in [0.1, 0.15) is 19.3 Å². The molecule has 5 nitrogen and oxygen atoms in total. The van der Waals surface area contributed by atoms with E-state index < -0.39 is 12.2 Å². The average molecular weight is 315 g/mol. The summed E-state index contributed by atoms with van der Waals surface area (Å²) in [4.78, 5) is 13.8. The van der Waals surface area contributed by atoms with Gasteiger partial charge in [0.1, 0.15) is 12.7 Å². The van der Waals surface area contributed by atoms with Crippen LogP contribution in [0.2, 0.25) is 0 Å². The predicted octanol–water partition coefficient (Wildman–Crippen LogP) is 2.50. The highest BCUT2D eigenvalue weighted by Crippen LogP contribution is 2.09. The number of aliphatic hydroxyl groups excluding tert-OH is 1. The predicted molar refractivity (Wildman–Crippen MR) is 85.0 cm³/mol. The molecule has 1 aliphatic heterocycles. The van der Waals surface area contributed by atoms with Crippen molar-refractivity contribution in [2.75, 3.05) is 31.6 Å². The van der Waals surface area contributed by atoms with Gasteiger partial charge < -0.3 is 14.7 Å². The monoisotopic (exact) mass is 314 g/mol. The number of ether oxygens (including phenoxy) is 1. The Morgan fingerprint density at radius 2 is 1.90 bits per heavy atom. The van der Waals surface area contributed by atoms with Crippen LogP contribution in [0, 0.1) is 0 Å². The fraction of sp³-hybridized carbons (Fsp3) is 0.533. The lowest BCUT2D eigenvalue weighted by atomic mass is 10.1. The highest BCUT2D eigenvalue weighted by atomic mass is 35.5. The van der Waals surface area contributed by atoms with E-state index in [9.17, 15) is 9.90 Å². The molecule has 1 atom stereocenters. The average Bonchev–Trinajstić information content (AvgIpc) is 2.47. The Bertz CT molecular complexity index is 411. The molecule has 6 heteroatoms. The fourth-order valence-corrected chi connectivity index (χ4v) is 2.34. The number of amides is 1. The first-order valence-electron chi connectivity index (χ1n) is 7.13. The number of rotatable bonds is 5. The molecule has 0 aliphatic carbocycles. The number of nitrogens with zero attached hydrogens (tertiary/aromatic N) is 1.